The number of ether oxygens (including phenoxy) is 2. The van der Waals surface area contributed by atoms with Gasteiger partial charge in [-0.1, -0.05) is 18.2 Å². The van der Waals surface area contributed by atoms with Crippen LogP contribution in [0, 0.1) is 0 Å². The molecule has 0 radical (unpaired) electrons. The Balaban J connectivity index is 0.00000264. The molecule has 0 aromatic heterocycles. The van der Waals surface area contributed by atoms with E-state index in [1.165, 1.54) is 6.07 Å². The molecular weight excluding hydrogens is 337 g/mol. The molecule has 1 unspecified atom stereocenters. The number of amides is 1. The minimum Gasteiger partial charge on any atom is -0.484 e. The molecule has 0 saturated carbocycles. The standard InChI is InChI=1S/C14H17F3N2O3.ClH/c15-14(16,17)9-22-11-4-2-1-3-10(11)7-19-13(20)12-8-18-5-6-21-12;/h1-4,12,18H,5-9H2,(H,19,20);1H. The van der Waals surface area contributed by atoms with Crippen LogP contribution in [-0.2, 0) is 16.1 Å². The Morgan fingerprint density at radius 2 is 2.13 bits per heavy atom. The summed E-state index contributed by atoms with van der Waals surface area (Å²) in [5.74, 6) is -0.208. The second-order valence-corrected chi connectivity index (χ2v) is 4.79. The molecule has 1 aromatic carbocycles. The molecule has 0 aliphatic carbocycles. The van der Waals surface area contributed by atoms with Crippen molar-refractivity contribution in [1.82, 2.24) is 10.6 Å². The number of para-hydroxylation sites is 1. The van der Waals surface area contributed by atoms with E-state index in [-0.39, 0.29) is 30.6 Å². The van der Waals surface area contributed by atoms with Crippen LogP contribution >= 0.6 is 12.4 Å². The molecule has 5 nitrogen and oxygen atoms in total. The predicted octanol–water partition coefficient (Wildman–Crippen LogP) is 1.65. The highest BCUT2D eigenvalue weighted by molar-refractivity contribution is 5.85. The Morgan fingerprint density at radius 1 is 1.39 bits per heavy atom. The van der Waals surface area contributed by atoms with Crippen molar-refractivity contribution < 1.29 is 27.4 Å². The Hall–Kier alpha value is -1.51. The third-order valence-corrected chi connectivity index (χ3v) is 3.04. The van der Waals surface area contributed by atoms with Crippen molar-refractivity contribution in [1.29, 1.82) is 0 Å². The number of nitrogens with one attached hydrogen (secondary N) is 2. The minimum absolute atomic E-state index is 0. The van der Waals surface area contributed by atoms with Crippen molar-refractivity contribution in [2.45, 2.75) is 18.8 Å². The lowest BCUT2D eigenvalue weighted by Crippen LogP contribution is -2.47. The summed E-state index contributed by atoms with van der Waals surface area (Å²) in [5, 5.41) is 5.67. The number of hydrogen-bond donors (Lipinski definition) is 2. The number of benzene rings is 1. The van der Waals surface area contributed by atoms with Crippen LogP contribution in [-0.4, -0.2) is 44.5 Å². The molecule has 1 aliphatic heterocycles. The van der Waals surface area contributed by atoms with Gasteiger partial charge in [0.15, 0.2) is 6.61 Å². The monoisotopic (exact) mass is 354 g/mol. The highest BCUT2D eigenvalue weighted by atomic mass is 35.5. The largest absolute Gasteiger partial charge is 0.484 e. The van der Waals surface area contributed by atoms with Crippen LogP contribution in [0.4, 0.5) is 13.2 Å². The Labute approximate surface area is 137 Å². The van der Waals surface area contributed by atoms with E-state index in [2.05, 4.69) is 10.6 Å². The quantitative estimate of drug-likeness (QED) is 0.844. The minimum atomic E-state index is -4.40. The molecule has 2 N–H and O–H groups in total. The van der Waals surface area contributed by atoms with Crippen LogP contribution in [0.3, 0.4) is 0 Å². The summed E-state index contributed by atoms with van der Waals surface area (Å²) in [5.41, 5.74) is 0.476. The first-order chi connectivity index (χ1) is 10.5. The molecule has 2 rings (SSSR count). The SMILES string of the molecule is Cl.O=C(NCc1ccccc1OCC(F)(F)F)C1CNCCO1. The molecule has 1 aromatic rings. The fraction of sp³-hybridized carbons (Fsp3) is 0.500. The number of morpholine rings is 1. The summed E-state index contributed by atoms with van der Waals surface area (Å²) < 4.78 is 46.7. The molecule has 0 bridgehead atoms. The normalized spacial score (nSPS) is 18.0. The highest BCUT2D eigenvalue weighted by Gasteiger charge is 2.29. The average Bonchev–Trinajstić information content (AvgIpc) is 2.51. The molecule has 130 valence electrons. The zero-order chi connectivity index (χ0) is 16.0. The third kappa shape index (κ3) is 6.64. The van der Waals surface area contributed by atoms with Crippen molar-refractivity contribution in [2.24, 2.45) is 0 Å². The fourth-order valence-electron chi connectivity index (χ4n) is 1.98. The lowest BCUT2D eigenvalue weighted by atomic mass is 10.2. The summed E-state index contributed by atoms with van der Waals surface area (Å²) in [7, 11) is 0. The van der Waals surface area contributed by atoms with Crippen molar-refractivity contribution in [3.63, 3.8) is 0 Å². The van der Waals surface area contributed by atoms with Gasteiger partial charge in [0.25, 0.3) is 5.91 Å². The Morgan fingerprint density at radius 3 is 2.78 bits per heavy atom. The first kappa shape index (κ1) is 19.5. The van der Waals surface area contributed by atoms with Crippen LogP contribution in [0.15, 0.2) is 24.3 Å². The van der Waals surface area contributed by atoms with Crippen LogP contribution in [0.5, 0.6) is 5.75 Å². The highest BCUT2D eigenvalue weighted by Crippen LogP contribution is 2.22. The number of rotatable bonds is 5. The Kier molecular flexibility index (Phi) is 7.60. The van der Waals surface area contributed by atoms with Crippen LogP contribution in [0.2, 0.25) is 0 Å². The summed E-state index contributed by atoms with van der Waals surface area (Å²) in [6, 6.07) is 6.28. The lowest BCUT2D eigenvalue weighted by Gasteiger charge is -2.23. The molecule has 1 heterocycles. The molecule has 1 fully saturated rings. The summed E-state index contributed by atoms with van der Waals surface area (Å²) in [6.45, 7) is 0.264. The zero-order valence-corrected chi connectivity index (χ0v) is 13.0. The van der Waals surface area contributed by atoms with Crippen molar-refractivity contribution in [3.8, 4) is 5.75 Å². The lowest BCUT2D eigenvalue weighted by molar-refractivity contribution is -0.153. The van der Waals surface area contributed by atoms with E-state index in [1.807, 2.05) is 0 Å². The van der Waals surface area contributed by atoms with Gasteiger partial charge in [0.1, 0.15) is 11.9 Å². The van der Waals surface area contributed by atoms with Gasteiger partial charge in [0.05, 0.1) is 6.61 Å². The van der Waals surface area contributed by atoms with Gasteiger partial charge in [-0.25, -0.2) is 0 Å². The predicted molar refractivity (Wildman–Crippen MR) is 79.7 cm³/mol. The van der Waals surface area contributed by atoms with Crippen molar-refractivity contribution in [2.75, 3.05) is 26.3 Å². The van der Waals surface area contributed by atoms with Gasteiger partial charge in [-0.3, -0.25) is 4.79 Å². The smallest absolute Gasteiger partial charge is 0.422 e. The van der Waals surface area contributed by atoms with Gasteiger partial charge in [-0.05, 0) is 6.07 Å². The molecule has 9 heteroatoms. The van der Waals surface area contributed by atoms with E-state index in [1.54, 1.807) is 18.2 Å². The van der Waals surface area contributed by atoms with Gasteiger partial charge in [0.2, 0.25) is 0 Å². The number of alkyl halides is 3. The van der Waals surface area contributed by atoms with Gasteiger partial charge in [-0.2, -0.15) is 13.2 Å². The number of carbonyl (C=O) groups excluding carboxylic acids is 1. The summed E-state index contributed by atoms with van der Waals surface area (Å²) in [4.78, 5) is 11.9. The number of halogens is 4. The summed E-state index contributed by atoms with van der Waals surface area (Å²) in [6.07, 6.45) is -4.99. The van der Waals surface area contributed by atoms with E-state index in [9.17, 15) is 18.0 Å². The van der Waals surface area contributed by atoms with Crippen molar-refractivity contribution >= 4 is 18.3 Å². The number of hydrogen-bond acceptors (Lipinski definition) is 4. The first-order valence-electron chi connectivity index (χ1n) is 6.83. The van der Waals surface area contributed by atoms with Crippen LogP contribution in [0.25, 0.3) is 0 Å². The van der Waals surface area contributed by atoms with Crippen LogP contribution < -0.4 is 15.4 Å². The van der Waals surface area contributed by atoms with Gasteiger partial charge < -0.3 is 20.1 Å². The second kappa shape index (κ2) is 8.95. The van der Waals surface area contributed by atoms with Crippen molar-refractivity contribution in [3.05, 3.63) is 29.8 Å². The molecule has 1 amide bonds. The van der Waals surface area contributed by atoms with E-state index in [0.717, 1.165) is 0 Å². The van der Waals surface area contributed by atoms with E-state index in [4.69, 9.17) is 9.47 Å². The maximum atomic E-state index is 12.2. The van der Waals surface area contributed by atoms with Gasteiger partial charge in [-0.15, -0.1) is 12.4 Å². The second-order valence-electron chi connectivity index (χ2n) is 4.79. The summed E-state index contributed by atoms with van der Waals surface area (Å²) >= 11 is 0. The molecule has 23 heavy (non-hydrogen) atoms. The molecular formula is C14H18ClF3N2O3. The molecule has 1 saturated heterocycles. The van der Waals surface area contributed by atoms with E-state index < -0.39 is 18.9 Å². The maximum absolute atomic E-state index is 12.2. The Bertz CT molecular complexity index is 508. The van der Waals surface area contributed by atoms with E-state index in [0.29, 0.717) is 25.3 Å². The maximum Gasteiger partial charge on any atom is 0.422 e. The average molecular weight is 355 g/mol. The first-order valence-corrected chi connectivity index (χ1v) is 6.83. The third-order valence-electron chi connectivity index (χ3n) is 3.04. The molecule has 0 spiro atoms. The molecule has 1 aliphatic rings. The number of carbonyl (C=O) groups is 1. The fourth-order valence-corrected chi connectivity index (χ4v) is 1.98. The molecule has 1 atom stereocenters. The van der Waals surface area contributed by atoms with Gasteiger partial charge >= 0.3 is 6.18 Å². The zero-order valence-electron chi connectivity index (χ0n) is 12.2. The van der Waals surface area contributed by atoms with Gasteiger partial charge in [0, 0.05) is 25.2 Å². The van der Waals surface area contributed by atoms with Crippen LogP contribution in [0.1, 0.15) is 5.56 Å². The van der Waals surface area contributed by atoms with E-state index >= 15 is 0 Å². The topological polar surface area (TPSA) is 59.6 Å².